The van der Waals surface area contributed by atoms with Gasteiger partial charge in [0.1, 0.15) is 6.04 Å². The smallest absolute Gasteiger partial charge is 0.323 e. The maximum Gasteiger partial charge on any atom is 0.323 e. The van der Waals surface area contributed by atoms with Crippen LogP contribution in [0.5, 0.6) is 0 Å². The van der Waals surface area contributed by atoms with Crippen LogP contribution in [0.1, 0.15) is 6.92 Å². The second kappa shape index (κ2) is 5.81. The number of carboxylic acid groups (broad SMARTS) is 1. The van der Waals surface area contributed by atoms with Gasteiger partial charge in [-0.15, -0.1) is 0 Å². The van der Waals surface area contributed by atoms with Gasteiger partial charge in [0, 0.05) is 20.1 Å². The number of amides is 1. The first-order valence-corrected chi connectivity index (χ1v) is 5.34. The predicted molar refractivity (Wildman–Crippen MR) is 57.1 cm³/mol. The lowest BCUT2D eigenvalue weighted by Gasteiger charge is -2.33. The Bertz CT molecular complexity index is 270. The summed E-state index contributed by atoms with van der Waals surface area (Å²) >= 11 is 0. The van der Waals surface area contributed by atoms with E-state index in [0.717, 1.165) is 0 Å². The molecule has 6 nitrogen and oxygen atoms in total. The molecule has 1 aliphatic heterocycles. The van der Waals surface area contributed by atoms with Crippen molar-refractivity contribution in [2.24, 2.45) is 0 Å². The Labute approximate surface area is 94.8 Å². The molecule has 0 saturated carbocycles. The highest BCUT2D eigenvalue weighted by atomic mass is 16.5. The van der Waals surface area contributed by atoms with Crippen LogP contribution in [0.2, 0.25) is 0 Å². The van der Waals surface area contributed by atoms with Gasteiger partial charge in [-0.2, -0.15) is 0 Å². The van der Waals surface area contributed by atoms with E-state index in [-0.39, 0.29) is 19.1 Å². The lowest BCUT2D eigenvalue weighted by molar-refractivity contribution is -0.151. The number of carbonyl (C=O) groups excluding carboxylic acids is 1. The minimum Gasteiger partial charge on any atom is -0.480 e. The Hall–Kier alpha value is -1.14. The van der Waals surface area contributed by atoms with Gasteiger partial charge >= 0.3 is 5.97 Å². The van der Waals surface area contributed by atoms with Gasteiger partial charge in [-0.3, -0.25) is 14.5 Å². The van der Waals surface area contributed by atoms with E-state index >= 15 is 0 Å². The molecular weight excluding hydrogens is 212 g/mol. The van der Waals surface area contributed by atoms with Crippen molar-refractivity contribution < 1.29 is 19.4 Å². The van der Waals surface area contributed by atoms with E-state index in [1.165, 1.54) is 0 Å². The average molecular weight is 230 g/mol. The van der Waals surface area contributed by atoms with E-state index in [2.05, 4.69) is 0 Å². The molecule has 1 aliphatic rings. The molecule has 0 aromatic rings. The Balaban J connectivity index is 2.56. The first-order chi connectivity index (χ1) is 7.56. The highest BCUT2D eigenvalue weighted by Crippen LogP contribution is 2.07. The van der Waals surface area contributed by atoms with Gasteiger partial charge in [-0.25, -0.2) is 0 Å². The molecule has 0 aromatic heterocycles. The van der Waals surface area contributed by atoms with Crippen molar-refractivity contribution in [2.75, 3.05) is 39.9 Å². The molecule has 1 saturated heterocycles. The summed E-state index contributed by atoms with van der Waals surface area (Å²) in [6, 6.07) is -0.706. The van der Waals surface area contributed by atoms with Crippen LogP contribution >= 0.6 is 0 Å². The molecule has 1 rings (SSSR count). The molecule has 16 heavy (non-hydrogen) atoms. The minimum atomic E-state index is -0.938. The standard InChI is InChI=1S/C10H18N2O4/c1-3-11(2)9(13)6-12-4-5-16-7-8(12)10(14)15/h8H,3-7H2,1-2H3,(H,14,15). The highest BCUT2D eigenvalue weighted by Gasteiger charge is 2.30. The molecule has 1 N–H and O–H groups in total. The fourth-order valence-corrected chi connectivity index (χ4v) is 1.53. The zero-order chi connectivity index (χ0) is 12.1. The molecule has 1 unspecified atom stereocenters. The number of rotatable bonds is 4. The second-order valence-corrected chi connectivity index (χ2v) is 3.81. The van der Waals surface area contributed by atoms with Crippen molar-refractivity contribution in [1.82, 2.24) is 9.80 Å². The summed E-state index contributed by atoms with van der Waals surface area (Å²) in [5.74, 6) is -0.998. The minimum absolute atomic E-state index is 0.0596. The Morgan fingerprint density at radius 1 is 1.56 bits per heavy atom. The van der Waals surface area contributed by atoms with E-state index in [0.29, 0.717) is 19.7 Å². The maximum atomic E-state index is 11.7. The van der Waals surface area contributed by atoms with E-state index in [9.17, 15) is 9.59 Å². The second-order valence-electron chi connectivity index (χ2n) is 3.81. The van der Waals surface area contributed by atoms with E-state index in [4.69, 9.17) is 9.84 Å². The summed E-state index contributed by atoms with van der Waals surface area (Å²) in [5.41, 5.74) is 0. The van der Waals surface area contributed by atoms with Gasteiger partial charge in [0.25, 0.3) is 0 Å². The summed E-state index contributed by atoms with van der Waals surface area (Å²) in [4.78, 5) is 25.8. The SMILES string of the molecule is CCN(C)C(=O)CN1CCOCC1C(=O)O. The average Bonchev–Trinajstić information content (AvgIpc) is 2.28. The molecule has 1 atom stereocenters. The maximum absolute atomic E-state index is 11.7. The Kier molecular flexibility index (Phi) is 4.70. The first-order valence-electron chi connectivity index (χ1n) is 5.34. The van der Waals surface area contributed by atoms with E-state index in [1.807, 2.05) is 6.92 Å². The van der Waals surface area contributed by atoms with Crippen molar-refractivity contribution in [3.05, 3.63) is 0 Å². The number of aliphatic carboxylic acids is 1. The summed E-state index contributed by atoms with van der Waals surface area (Å²) in [5, 5.41) is 8.97. The number of ether oxygens (including phenoxy) is 1. The first kappa shape index (κ1) is 12.9. The van der Waals surface area contributed by atoms with Gasteiger partial charge in [0.2, 0.25) is 5.91 Å². The molecule has 1 heterocycles. The Morgan fingerprint density at radius 2 is 2.25 bits per heavy atom. The molecule has 1 amide bonds. The van der Waals surface area contributed by atoms with Gasteiger partial charge in [0.15, 0.2) is 0 Å². The predicted octanol–water partition coefficient (Wildman–Crippen LogP) is -0.750. The van der Waals surface area contributed by atoms with E-state index in [1.54, 1.807) is 16.8 Å². The zero-order valence-electron chi connectivity index (χ0n) is 9.68. The number of likely N-dealkylation sites (N-methyl/N-ethyl adjacent to an activating group) is 1. The van der Waals surface area contributed by atoms with Crippen molar-refractivity contribution in [2.45, 2.75) is 13.0 Å². The lowest BCUT2D eigenvalue weighted by Crippen LogP contribution is -2.53. The van der Waals surface area contributed by atoms with Crippen molar-refractivity contribution in [1.29, 1.82) is 0 Å². The number of nitrogens with zero attached hydrogens (tertiary/aromatic N) is 2. The monoisotopic (exact) mass is 230 g/mol. The third-order valence-electron chi connectivity index (χ3n) is 2.76. The van der Waals surface area contributed by atoms with Crippen LogP contribution in [0.25, 0.3) is 0 Å². The van der Waals surface area contributed by atoms with Gasteiger partial charge in [0.05, 0.1) is 19.8 Å². The van der Waals surface area contributed by atoms with E-state index < -0.39 is 12.0 Å². The van der Waals surface area contributed by atoms with Crippen LogP contribution in [0.15, 0.2) is 0 Å². The summed E-state index contributed by atoms with van der Waals surface area (Å²) in [7, 11) is 1.71. The van der Waals surface area contributed by atoms with Crippen LogP contribution in [0.4, 0.5) is 0 Å². The third-order valence-corrected chi connectivity index (χ3v) is 2.76. The van der Waals surface area contributed by atoms with Gasteiger partial charge in [-0.05, 0) is 6.92 Å². The van der Waals surface area contributed by atoms with Crippen molar-refractivity contribution in [3.8, 4) is 0 Å². The molecule has 0 radical (unpaired) electrons. The number of morpholine rings is 1. The lowest BCUT2D eigenvalue weighted by atomic mass is 10.2. The van der Waals surface area contributed by atoms with Gasteiger partial charge < -0.3 is 14.7 Å². The highest BCUT2D eigenvalue weighted by molar-refractivity contribution is 5.80. The summed E-state index contributed by atoms with van der Waals surface area (Å²) in [6.45, 7) is 3.77. The van der Waals surface area contributed by atoms with Crippen LogP contribution in [-0.4, -0.2) is 72.7 Å². The number of carboxylic acids is 1. The fraction of sp³-hybridized carbons (Fsp3) is 0.800. The van der Waals surface area contributed by atoms with Crippen LogP contribution in [0, 0.1) is 0 Å². The molecule has 0 bridgehead atoms. The number of carbonyl (C=O) groups is 2. The van der Waals surface area contributed by atoms with Crippen LogP contribution in [-0.2, 0) is 14.3 Å². The number of hydrogen-bond donors (Lipinski definition) is 1. The fourth-order valence-electron chi connectivity index (χ4n) is 1.53. The summed E-state index contributed by atoms with van der Waals surface area (Å²) in [6.07, 6.45) is 0. The molecule has 0 aromatic carbocycles. The summed E-state index contributed by atoms with van der Waals surface area (Å²) < 4.78 is 5.09. The van der Waals surface area contributed by atoms with Crippen LogP contribution < -0.4 is 0 Å². The Morgan fingerprint density at radius 3 is 2.81 bits per heavy atom. The zero-order valence-corrected chi connectivity index (χ0v) is 9.68. The molecule has 6 heteroatoms. The molecule has 0 spiro atoms. The number of hydrogen-bond acceptors (Lipinski definition) is 4. The largest absolute Gasteiger partial charge is 0.480 e. The molecule has 92 valence electrons. The van der Waals surface area contributed by atoms with Crippen LogP contribution in [0.3, 0.4) is 0 Å². The topological polar surface area (TPSA) is 70.1 Å². The molecular formula is C10H18N2O4. The van der Waals surface area contributed by atoms with Gasteiger partial charge in [-0.1, -0.05) is 0 Å². The van der Waals surface area contributed by atoms with Crippen molar-refractivity contribution in [3.63, 3.8) is 0 Å². The molecule has 0 aliphatic carbocycles. The van der Waals surface area contributed by atoms with Crippen molar-refractivity contribution >= 4 is 11.9 Å². The third kappa shape index (κ3) is 3.18. The quantitative estimate of drug-likeness (QED) is 0.688. The normalized spacial score (nSPS) is 21.8. The molecule has 1 fully saturated rings.